The number of rotatable bonds is 8. The van der Waals surface area contributed by atoms with Crippen LogP contribution in [-0.2, 0) is 6.42 Å². The highest BCUT2D eigenvalue weighted by Crippen LogP contribution is 2.21. The maximum absolute atomic E-state index is 6.16. The third-order valence-corrected chi connectivity index (χ3v) is 5.04. The number of aromatic nitrogens is 2. The second-order valence-corrected chi connectivity index (χ2v) is 7.45. The minimum Gasteiger partial charge on any atom is -0.358 e. The summed E-state index contributed by atoms with van der Waals surface area (Å²) in [5.41, 5.74) is 1.58. The van der Waals surface area contributed by atoms with E-state index < -0.39 is 0 Å². The summed E-state index contributed by atoms with van der Waals surface area (Å²) in [5, 5.41) is 7.34. The molecule has 2 aliphatic rings. The molecular weight excluding hydrogens is 376 g/mol. The monoisotopic (exact) mass is 400 g/mol. The number of aryl methyl sites for hydroxylation is 1. The van der Waals surface area contributed by atoms with Gasteiger partial charge in [0.15, 0.2) is 17.3 Å². The number of halogens is 1. The maximum atomic E-state index is 6.16. The summed E-state index contributed by atoms with van der Waals surface area (Å²) in [6, 6.07) is 9.85. The third-order valence-electron chi connectivity index (χ3n) is 4.83. The van der Waals surface area contributed by atoms with Gasteiger partial charge in [0, 0.05) is 31.3 Å². The lowest BCUT2D eigenvalue weighted by atomic mass is 10.2. The van der Waals surface area contributed by atoms with E-state index in [0.717, 1.165) is 68.4 Å². The number of aliphatic imine (C=N–C) groups is 1. The van der Waals surface area contributed by atoms with Gasteiger partial charge in [-0.05, 0) is 25.0 Å². The minimum atomic E-state index is -0.374. The van der Waals surface area contributed by atoms with E-state index in [4.69, 9.17) is 16.1 Å². The van der Waals surface area contributed by atoms with Crippen LogP contribution >= 0.6 is 11.6 Å². The van der Waals surface area contributed by atoms with Crippen molar-refractivity contribution in [3.8, 4) is 11.5 Å². The van der Waals surface area contributed by atoms with Gasteiger partial charge in [-0.3, -0.25) is 0 Å². The number of benzene rings is 1. The van der Waals surface area contributed by atoms with Gasteiger partial charge >= 0.3 is 0 Å². The van der Waals surface area contributed by atoms with Crippen LogP contribution in [0.25, 0.3) is 11.5 Å². The van der Waals surface area contributed by atoms with Crippen LogP contribution in [0.15, 0.2) is 51.7 Å². The molecule has 0 aliphatic carbocycles. The zero-order valence-corrected chi connectivity index (χ0v) is 16.8. The average molecular weight is 401 g/mol. The quantitative estimate of drug-likeness (QED) is 0.541. The van der Waals surface area contributed by atoms with Gasteiger partial charge in [0.1, 0.15) is 0 Å². The van der Waals surface area contributed by atoms with Crippen LogP contribution < -0.4 is 5.32 Å². The van der Waals surface area contributed by atoms with E-state index in [0.29, 0.717) is 5.89 Å². The SMILES string of the molecule is CCCCN1CN(CCCc2noc(-c3ccccc3)n2)C=C2NC(Cl)N=C21. The fourth-order valence-electron chi connectivity index (χ4n) is 3.41. The van der Waals surface area contributed by atoms with Gasteiger partial charge in [-0.2, -0.15) is 4.98 Å². The number of amidine groups is 1. The summed E-state index contributed by atoms with van der Waals surface area (Å²) in [5.74, 6) is 2.30. The molecule has 0 radical (unpaired) electrons. The first-order chi connectivity index (χ1) is 13.7. The lowest BCUT2D eigenvalue weighted by molar-refractivity contribution is 0.230. The Hall–Kier alpha value is -2.54. The number of alkyl halides is 1. The van der Waals surface area contributed by atoms with Crippen molar-refractivity contribution in [3.63, 3.8) is 0 Å². The highest BCUT2D eigenvalue weighted by Gasteiger charge is 2.29. The predicted molar refractivity (Wildman–Crippen MR) is 110 cm³/mol. The summed E-state index contributed by atoms with van der Waals surface area (Å²) in [6.07, 6.45) is 6.13. The molecule has 1 N–H and O–H groups in total. The van der Waals surface area contributed by atoms with Crippen LogP contribution in [0.4, 0.5) is 0 Å². The van der Waals surface area contributed by atoms with Crippen molar-refractivity contribution < 1.29 is 4.52 Å². The predicted octanol–water partition coefficient (Wildman–Crippen LogP) is 3.41. The Kier molecular flexibility index (Phi) is 5.81. The molecule has 2 aromatic rings. The van der Waals surface area contributed by atoms with Crippen LogP contribution in [0.2, 0.25) is 0 Å². The van der Waals surface area contributed by atoms with Crippen molar-refractivity contribution in [1.82, 2.24) is 25.3 Å². The van der Waals surface area contributed by atoms with Gasteiger partial charge in [-0.15, -0.1) is 0 Å². The number of hydrogen-bond donors (Lipinski definition) is 1. The third kappa shape index (κ3) is 4.30. The van der Waals surface area contributed by atoms with Crippen LogP contribution in [0.3, 0.4) is 0 Å². The second kappa shape index (κ2) is 8.65. The molecular formula is C20H25ClN6O. The van der Waals surface area contributed by atoms with E-state index in [1.807, 2.05) is 30.3 Å². The molecule has 3 heterocycles. The normalized spacial score (nSPS) is 18.6. The van der Waals surface area contributed by atoms with Gasteiger partial charge in [-0.1, -0.05) is 48.3 Å². The van der Waals surface area contributed by atoms with Gasteiger partial charge < -0.3 is 19.6 Å². The first kappa shape index (κ1) is 18.8. The summed E-state index contributed by atoms with van der Waals surface area (Å²) in [7, 11) is 0. The number of nitrogens with zero attached hydrogens (tertiary/aromatic N) is 5. The molecule has 1 aromatic carbocycles. The van der Waals surface area contributed by atoms with Gasteiger partial charge in [0.05, 0.1) is 12.4 Å². The first-order valence-electron chi connectivity index (χ1n) is 9.80. The molecule has 0 saturated carbocycles. The molecule has 1 atom stereocenters. The molecule has 0 fully saturated rings. The molecule has 148 valence electrons. The average Bonchev–Trinajstić information content (AvgIpc) is 3.33. The van der Waals surface area contributed by atoms with E-state index in [-0.39, 0.29) is 5.62 Å². The Labute approximate surface area is 170 Å². The molecule has 1 unspecified atom stereocenters. The molecule has 0 bridgehead atoms. The van der Waals surface area contributed by atoms with E-state index in [2.05, 4.69) is 43.4 Å². The number of fused-ring (bicyclic) bond motifs is 1. The molecule has 8 heteroatoms. The first-order valence-corrected chi connectivity index (χ1v) is 10.2. The van der Waals surface area contributed by atoms with Crippen LogP contribution in [0, 0.1) is 0 Å². The Morgan fingerprint density at radius 3 is 2.89 bits per heavy atom. The molecule has 2 aliphatic heterocycles. The maximum Gasteiger partial charge on any atom is 0.257 e. The molecule has 0 spiro atoms. The topological polar surface area (TPSA) is 69.8 Å². The molecule has 28 heavy (non-hydrogen) atoms. The fraction of sp³-hybridized carbons (Fsp3) is 0.450. The van der Waals surface area contributed by atoms with Crippen LogP contribution in [-0.4, -0.2) is 51.2 Å². The van der Waals surface area contributed by atoms with E-state index >= 15 is 0 Å². The number of nitrogens with one attached hydrogen (secondary N) is 1. The van der Waals surface area contributed by atoms with Gasteiger partial charge in [0.25, 0.3) is 5.89 Å². The smallest absolute Gasteiger partial charge is 0.257 e. The summed E-state index contributed by atoms with van der Waals surface area (Å²) >= 11 is 6.16. The highest BCUT2D eigenvalue weighted by atomic mass is 35.5. The highest BCUT2D eigenvalue weighted by molar-refractivity contribution is 6.22. The Balaban J connectivity index is 1.34. The summed E-state index contributed by atoms with van der Waals surface area (Å²) in [4.78, 5) is 13.6. The van der Waals surface area contributed by atoms with E-state index in [1.165, 1.54) is 0 Å². The summed E-state index contributed by atoms with van der Waals surface area (Å²) < 4.78 is 5.39. The number of unbranched alkanes of at least 4 members (excludes halogenated alkanes) is 1. The van der Waals surface area contributed by atoms with Gasteiger partial charge in [-0.25, -0.2) is 4.99 Å². The van der Waals surface area contributed by atoms with Gasteiger partial charge in [0.2, 0.25) is 0 Å². The summed E-state index contributed by atoms with van der Waals surface area (Å²) in [6.45, 7) is 4.92. The molecule has 1 aromatic heterocycles. The Morgan fingerprint density at radius 2 is 2.07 bits per heavy atom. The van der Waals surface area contributed by atoms with E-state index in [1.54, 1.807) is 0 Å². The molecule has 7 nitrogen and oxygen atoms in total. The molecule has 0 amide bonds. The van der Waals surface area contributed by atoms with E-state index in [9.17, 15) is 0 Å². The molecule has 4 rings (SSSR count). The van der Waals surface area contributed by atoms with Crippen molar-refractivity contribution >= 4 is 17.4 Å². The standard InChI is InChI=1S/C20H25ClN6O/c1-2-3-12-27-14-26(13-16-18(27)24-20(21)22-16)11-7-10-17-23-19(28-25-17)15-8-5-4-6-9-15/h4-6,8-9,13,20,22H,2-3,7,10-12,14H2,1H3. The van der Waals surface area contributed by atoms with Crippen LogP contribution in [0.5, 0.6) is 0 Å². The Bertz CT molecular complexity index is 849. The fourth-order valence-corrected chi connectivity index (χ4v) is 3.62. The lowest BCUT2D eigenvalue weighted by Gasteiger charge is -2.35. The van der Waals surface area contributed by atoms with Crippen molar-refractivity contribution in [3.05, 3.63) is 48.1 Å². The van der Waals surface area contributed by atoms with Crippen LogP contribution in [0.1, 0.15) is 32.0 Å². The van der Waals surface area contributed by atoms with Crippen molar-refractivity contribution in [2.45, 2.75) is 38.2 Å². The van der Waals surface area contributed by atoms with Crippen molar-refractivity contribution in [2.24, 2.45) is 4.99 Å². The number of hydrogen-bond acceptors (Lipinski definition) is 7. The Morgan fingerprint density at radius 1 is 1.21 bits per heavy atom. The van der Waals surface area contributed by atoms with Crippen molar-refractivity contribution in [1.29, 1.82) is 0 Å². The zero-order valence-electron chi connectivity index (χ0n) is 16.0. The zero-order chi connectivity index (χ0) is 19.3. The lowest BCUT2D eigenvalue weighted by Crippen LogP contribution is -2.45. The second-order valence-electron chi connectivity index (χ2n) is 7.03. The minimum absolute atomic E-state index is 0.374. The largest absolute Gasteiger partial charge is 0.358 e. The van der Waals surface area contributed by atoms with Crippen molar-refractivity contribution in [2.75, 3.05) is 19.8 Å². The molecule has 0 saturated heterocycles.